The molecule has 1 aliphatic rings. The molecule has 7 heteroatoms. The van der Waals surface area contributed by atoms with E-state index in [2.05, 4.69) is 11.6 Å². The molecule has 4 nitrogen and oxygen atoms in total. The number of benzene rings is 1. The smallest absolute Gasteiger partial charge is 0.283 e. The summed E-state index contributed by atoms with van der Waals surface area (Å²) in [5.41, 5.74) is 2.08. The van der Waals surface area contributed by atoms with Gasteiger partial charge in [-0.05, 0) is 48.2 Å². The van der Waals surface area contributed by atoms with Crippen LogP contribution in [0.5, 0.6) is 5.75 Å². The predicted molar refractivity (Wildman–Crippen MR) is 113 cm³/mol. The number of nitrogens with zero attached hydrogens (tertiary/aromatic N) is 2. The molecule has 0 saturated heterocycles. The van der Waals surface area contributed by atoms with Gasteiger partial charge in [0.2, 0.25) is 0 Å². The zero-order chi connectivity index (χ0) is 18.7. The fourth-order valence-electron chi connectivity index (χ4n) is 2.43. The molecule has 0 N–H and O–H groups in total. The molecule has 1 aromatic carbocycles. The maximum Gasteiger partial charge on any atom is 0.283 e. The number of hydrogen-bond acceptors (Lipinski definition) is 5. The first-order valence-corrected chi connectivity index (χ1v) is 10.1. The summed E-state index contributed by atoms with van der Waals surface area (Å²) in [7, 11) is 1.56. The lowest BCUT2D eigenvalue weighted by molar-refractivity contribution is -0.113. The second-order valence-electron chi connectivity index (χ2n) is 5.45. The molecule has 3 rings (SSSR count). The number of thioether (sulfide) groups is 1. The van der Waals surface area contributed by atoms with Crippen molar-refractivity contribution in [1.82, 2.24) is 0 Å². The zero-order valence-corrected chi connectivity index (χ0v) is 16.7. The summed E-state index contributed by atoms with van der Waals surface area (Å²) in [6.45, 7) is 5.75. The molecule has 26 heavy (non-hydrogen) atoms. The highest BCUT2D eigenvalue weighted by Gasteiger charge is 2.33. The van der Waals surface area contributed by atoms with Crippen molar-refractivity contribution in [3.8, 4) is 5.75 Å². The van der Waals surface area contributed by atoms with Gasteiger partial charge >= 0.3 is 0 Å². The molecule has 0 spiro atoms. The monoisotopic (exact) mass is 404 g/mol. The fourth-order valence-corrected chi connectivity index (χ4v) is 4.19. The van der Waals surface area contributed by atoms with Crippen LogP contribution in [-0.2, 0) is 4.79 Å². The Morgan fingerprint density at radius 2 is 2.23 bits per heavy atom. The summed E-state index contributed by atoms with van der Waals surface area (Å²) >= 11 is 9.17. The summed E-state index contributed by atoms with van der Waals surface area (Å²) in [6.07, 6.45) is 3.60. The van der Waals surface area contributed by atoms with E-state index in [1.807, 2.05) is 24.4 Å². The minimum atomic E-state index is -0.204. The van der Waals surface area contributed by atoms with Crippen molar-refractivity contribution in [3.05, 3.63) is 63.5 Å². The Morgan fingerprint density at radius 1 is 1.42 bits per heavy atom. The largest absolute Gasteiger partial charge is 0.495 e. The molecule has 0 saturated carbocycles. The van der Waals surface area contributed by atoms with Crippen molar-refractivity contribution in [2.24, 2.45) is 4.99 Å². The molecule has 1 aromatic heterocycles. The lowest BCUT2D eigenvalue weighted by atomic mass is 10.2. The Kier molecular flexibility index (Phi) is 5.86. The predicted octanol–water partition coefficient (Wildman–Crippen LogP) is 5.38. The SMILES string of the molecule is C=CCSC1=N/C(=C/c2sccc2C)C(=O)N1c1cc(Cl)ccc1OC. The Bertz CT molecular complexity index is 918. The third kappa shape index (κ3) is 3.72. The van der Waals surface area contributed by atoms with Crippen LogP contribution in [0.1, 0.15) is 10.4 Å². The number of methoxy groups -OCH3 is 1. The van der Waals surface area contributed by atoms with Gasteiger partial charge in [0.1, 0.15) is 11.4 Å². The van der Waals surface area contributed by atoms with E-state index >= 15 is 0 Å². The summed E-state index contributed by atoms with van der Waals surface area (Å²) < 4.78 is 5.42. The maximum atomic E-state index is 13.1. The summed E-state index contributed by atoms with van der Waals surface area (Å²) in [5.74, 6) is 0.990. The Balaban J connectivity index is 2.07. The Labute approximate surface area is 165 Å². The number of carbonyl (C=O) groups excluding carboxylic acids is 1. The van der Waals surface area contributed by atoms with E-state index in [4.69, 9.17) is 16.3 Å². The summed E-state index contributed by atoms with van der Waals surface area (Å²) in [4.78, 5) is 20.2. The van der Waals surface area contributed by atoms with Gasteiger partial charge in [0, 0.05) is 15.7 Å². The normalized spacial score (nSPS) is 15.5. The van der Waals surface area contributed by atoms with Crippen LogP contribution in [0.3, 0.4) is 0 Å². The molecule has 1 amide bonds. The van der Waals surface area contributed by atoms with Crippen molar-refractivity contribution < 1.29 is 9.53 Å². The number of thiophene rings is 1. The highest BCUT2D eigenvalue weighted by atomic mass is 35.5. The minimum Gasteiger partial charge on any atom is -0.495 e. The lowest BCUT2D eigenvalue weighted by Gasteiger charge is -2.20. The first-order chi connectivity index (χ1) is 12.5. The van der Waals surface area contributed by atoms with E-state index in [1.54, 1.807) is 47.6 Å². The molecule has 0 aliphatic carbocycles. The summed E-state index contributed by atoms with van der Waals surface area (Å²) in [6, 6.07) is 7.20. The number of anilines is 1. The first kappa shape index (κ1) is 18.8. The van der Waals surface area contributed by atoms with Crippen LogP contribution in [0.4, 0.5) is 5.69 Å². The Morgan fingerprint density at radius 3 is 2.88 bits per heavy atom. The van der Waals surface area contributed by atoms with Gasteiger partial charge < -0.3 is 4.74 Å². The molecule has 0 atom stereocenters. The maximum absolute atomic E-state index is 13.1. The molecule has 2 heterocycles. The molecular formula is C19H17ClN2O2S2. The van der Waals surface area contributed by atoms with E-state index in [0.717, 1.165) is 10.4 Å². The fraction of sp³-hybridized carbons (Fsp3) is 0.158. The molecule has 1 aliphatic heterocycles. The standard InChI is InChI=1S/C19H17ClN2O2S2/c1-4-8-26-19-21-14(11-17-12(2)7-9-25-17)18(23)22(19)15-10-13(20)5-6-16(15)24-3/h4-7,9-11H,1,8H2,2-3H3/b14-11+. The number of halogens is 1. The number of amidine groups is 1. The third-order valence-electron chi connectivity index (χ3n) is 3.71. The number of ether oxygens (including phenoxy) is 1. The van der Waals surface area contributed by atoms with E-state index in [0.29, 0.717) is 33.1 Å². The molecule has 0 unspecified atom stereocenters. The number of hydrogen-bond donors (Lipinski definition) is 0. The quantitative estimate of drug-likeness (QED) is 0.496. The molecule has 0 bridgehead atoms. The molecule has 134 valence electrons. The molecule has 0 radical (unpaired) electrons. The molecule has 2 aromatic rings. The molecule has 0 fully saturated rings. The topological polar surface area (TPSA) is 41.9 Å². The van der Waals surface area contributed by atoms with Crippen molar-refractivity contribution in [1.29, 1.82) is 0 Å². The van der Waals surface area contributed by atoms with Gasteiger partial charge in [0.25, 0.3) is 5.91 Å². The Hall–Kier alpha value is -2.02. The summed E-state index contributed by atoms with van der Waals surface area (Å²) in [5, 5.41) is 3.10. The van der Waals surface area contributed by atoms with Crippen LogP contribution < -0.4 is 9.64 Å². The van der Waals surface area contributed by atoms with Gasteiger partial charge in [0.15, 0.2) is 5.17 Å². The van der Waals surface area contributed by atoms with Crippen molar-refractivity contribution in [2.75, 3.05) is 17.8 Å². The van der Waals surface area contributed by atoms with Crippen LogP contribution in [0.2, 0.25) is 5.02 Å². The van der Waals surface area contributed by atoms with E-state index in [9.17, 15) is 4.79 Å². The van der Waals surface area contributed by atoms with Gasteiger partial charge in [-0.1, -0.05) is 29.4 Å². The van der Waals surface area contributed by atoms with Crippen LogP contribution in [0.15, 0.2) is 53.0 Å². The number of carbonyl (C=O) groups is 1. The van der Waals surface area contributed by atoms with Gasteiger partial charge in [-0.25, -0.2) is 9.89 Å². The average Bonchev–Trinajstić information content (AvgIpc) is 3.17. The second kappa shape index (κ2) is 8.12. The van der Waals surface area contributed by atoms with Crippen LogP contribution in [0.25, 0.3) is 6.08 Å². The highest BCUT2D eigenvalue weighted by molar-refractivity contribution is 8.14. The number of aliphatic imine (C=N–C) groups is 1. The second-order valence-corrected chi connectivity index (χ2v) is 7.82. The highest BCUT2D eigenvalue weighted by Crippen LogP contribution is 2.37. The van der Waals surface area contributed by atoms with Crippen LogP contribution in [0, 0.1) is 6.92 Å². The van der Waals surface area contributed by atoms with Crippen LogP contribution in [-0.4, -0.2) is 23.9 Å². The number of rotatable bonds is 5. The zero-order valence-electron chi connectivity index (χ0n) is 14.4. The number of amides is 1. The minimum absolute atomic E-state index is 0.204. The van der Waals surface area contributed by atoms with E-state index in [-0.39, 0.29) is 5.91 Å². The third-order valence-corrected chi connectivity index (χ3v) is 5.85. The van der Waals surface area contributed by atoms with Gasteiger partial charge in [-0.15, -0.1) is 17.9 Å². The van der Waals surface area contributed by atoms with E-state index in [1.165, 1.54) is 11.8 Å². The number of aryl methyl sites for hydroxylation is 1. The van der Waals surface area contributed by atoms with Gasteiger partial charge in [-0.2, -0.15) is 0 Å². The van der Waals surface area contributed by atoms with Gasteiger partial charge in [-0.3, -0.25) is 4.79 Å². The van der Waals surface area contributed by atoms with Gasteiger partial charge in [0.05, 0.1) is 12.8 Å². The first-order valence-electron chi connectivity index (χ1n) is 7.81. The van der Waals surface area contributed by atoms with Crippen molar-refractivity contribution in [3.63, 3.8) is 0 Å². The van der Waals surface area contributed by atoms with Crippen molar-refractivity contribution in [2.45, 2.75) is 6.92 Å². The van der Waals surface area contributed by atoms with Crippen molar-refractivity contribution >= 4 is 57.5 Å². The molecular weight excluding hydrogens is 388 g/mol. The average molecular weight is 405 g/mol. The van der Waals surface area contributed by atoms with E-state index < -0.39 is 0 Å². The van der Waals surface area contributed by atoms with Crippen LogP contribution >= 0.6 is 34.7 Å². The lowest BCUT2D eigenvalue weighted by Crippen LogP contribution is -2.30.